The van der Waals surface area contributed by atoms with Crippen molar-refractivity contribution in [2.45, 2.75) is 122 Å². The predicted octanol–water partition coefficient (Wildman–Crippen LogP) is 8.34. The van der Waals surface area contributed by atoms with Gasteiger partial charge in [0.15, 0.2) is 0 Å². The Kier molecular flexibility index (Phi) is 18.8. The van der Waals surface area contributed by atoms with Crippen molar-refractivity contribution < 1.29 is 0 Å². The number of unbranched alkanes of at least 4 members (excludes halogenated alkanes) is 12. The van der Waals surface area contributed by atoms with Crippen LogP contribution in [0.3, 0.4) is 0 Å². The molecular weight excluding hydrogens is 327 g/mol. The Morgan fingerprint density at radius 2 is 0.864 bits per heavy atom. The summed E-state index contributed by atoms with van der Waals surface area (Å²) in [6, 6.07) is 0. The Bertz CT molecular complexity index is 210. The predicted molar refractivity (Wildman–Crippen MR) is 108 cm³/mol. The molecule has 1 atom stereocenters. The second kappa shape index (κ2) is 18.1. The highest BCUT2D eigenvalue weighted by Gasteiger charge is 2.18. The summed E-state index contributed by atoms with van der Waals surface area (Å²) in [7, 11) is -1.48. The Hall–Kier alpha value is 0.797. The third-order valence-corrected chi connectivity index (χ3v) is 8.23. The minimum atomic E-state index is -1.48. The third kappa shape index (κ3) is 15.7. The van der Waals surface area contributed by atoms with Gasteiger partial charge in [-0.25, -0.2) is 0 Å². The summed E-state index contributed by atoms with van der Waals surface area (Å²) < 4.78 is 0. The van der Waals surface area contributed by atoms with E-state index in [1.807, 2.05) is 0 Å². The van der Waals surface area contributed by atoms with Gasteiger partial charge in [0.2, 0.25) is 7.42 Å². The van der Waals surface area contributed by atoms with Gasteiger partial charge in [0, 0.05) is 0 Å². The van der Waals surface area contributed by atoms with Gasteiger partial charge in [-0.05, 0) is 5.54 Å². The van der Waals surface area contributed by atoms with E-state index in [0.29, 0.717) is 5.54 Å². The largest absolute Gasteiger partial charge is 0.240 e. The minimum absolute atomic E-state index is 0.662. The molecule has 0 fully saturated rings. The summed E-state index contributed by atoms with van der Waals surface area (Å²) in [5.74, 6) is 0. The van der Waals surface area contributed by atoms with Crippen LogP contribution in [0, 0.1) is 0 Å². The molecule has 0 rings (SSSR count). The molecule has 0 N–H and O–H groups in total. The molecule has 1 unspecified atom stereocenters. The molecule has 0 amide bonds. The van der Waals surface area contributed by atoms with Gasteiger partial charge in [0.05, 0.1) is 0 Å². The minimum Gasteiger partial charge on any atom is -0.150 e. The molecule has 0 saturated heterocycles. The van der Waals surface area contributed by atoms with Crippen LogP contribution in [-0.2, 0) is 0 Å². The van der Waals surface area contributed by atoms with E-state index in [9.17, 15) is 0 Å². The summed E-state index contributed by atoms with van der Waals surface area (Å²) >= 11 is 12.6. The topological polar surface area (TPSA) is 0 Å². The van der Waals surface area contributed by atoms with Gasteiger partial charge < -0.3 is 0 Å². The fraction of sp³-hybridized carbons (Fsp3) is 1.00. The lowest BCUT2D eigenvalue weighted by molar-refractivity contribution is 0.527. The molecule has 3 heteroatoms. The molecule has 0 heterocycles. The van der Waals surface area contributed by atoms with Crippen LogP contribution in [0.4, 0.5) is 0 Å². The zero-order valence-corrected chi connectivity index (χ0v) is 17.9. The molecule has 0 aromatic carbocycles. The monoisotopic (exact) mass is 366 g/mol. The second-order valence-electron chi connectivity index (χ2n) is 6.91. The van der Waals surface area contributed by atoms with Crippen molar-refractivity contribution in [3.63, 3.8) is 0 Å². The van der Waals surface area contributed by atoms with Crippen LogP contribution in [-0.4, -0.2) is 7.42 Å². The highest BCUT2D eigenvalue weighted by atomic mass is 35.7. The lowest BCUT2D eigenvalue weighted by Crippen LogP contribution is -2.07. The molecule has 0 aromatic heterocycles. The first-order chi connectivity index (χ1) is 10.7. The van der Waals surface area contributed by atoms with E-state index in [4.69, 9.17) is 22.2 Å². The first-order valence-corrected chi connectivity index (χ1v) is 14.2. The maximum atomic E-state index is 6.31. The molecule has 0 saturated carbocycles. The first kappa shape index (κ1) is 22.8. The fourth-order valence-electron chi connectivity index (χ4n) is 3.12. The van der Waals surface area contributed by atoms with Crippen LogP contribution in [0.2, 0.25) is 5.54 Å². The van der Waals surface area contributed by atoms with Crippen molar-refractivity contribution in [1.82, 2.24) is 0 Å². The molecule has 22 heavy (non-hydrogen) atoms. The summed E-state index contributed by atoms with van der Waals surface area (Å²) in [4.78, 5) is 0. The van der Waals surface area contributed by atoms with Crippen LogP contribution in [0.15, 0.2) is 0 Å². The quantitative estimate of drug-likeness (QED) is 0.138. The number of hydrogen-bond donors (Lipinski definition) is 0. The van der Waals surface area contributed by atoms with Crippen LogP contribution in [0.25, 0.3) is 0 Å². The maximum absolute atomic E-state index is 6.31. The van der Waals surface area contributed by atoms with Gasteiger partial charge in [-0.2, -0.15) is 22.2 Å². The lowest BCUT2D eigenvalue weighted by Gasteiger charge is -2.16. The van der Waals surface area contributed by atoms with Crippen molar-refractivity contribution in [2.24, 2.45) is 0 Å². The van der Waals surface area contributed by atoms with E-state index in [1.54, 1.807) is 0 Å². The Morgan fingerprint density at radius 3 is 1.18 bits per heavy atom. The van der Waals surface area contributed by atoms with Gasteiger partial charge in [-0.15, -0.1) is 0 Å². The average Bonchev–Trinajstić information content (AvgIpc) is 2.50. The van der Waals surface area contributed by atoms with Crippen molar-refractivity contribution in [3.8, 4) is 0 Å². The molecule has 0 nitrogen and oxygen atoms in total. The van der Waals surface area contributed by atoms with E-state index in [0.717, 1.165) is 0 Å². The Balaban J connectivity index is 3.48. The van der Waals surface area contributed by atoms with E-state index < -0.39 is 7.42 Å². The van der Waals surface area contributed by atoms with E-state index in [2.05, 4.69) is 13.8 Å². The Morgan fingerprint density at radius 1 is 0.545 bits per heavy atom. The molecule has 0 aliphatic carbocycles. The van der Waals surface area contributed by atoms with Gasteiger partial charge in [-0.3, -0.25) is 0 Å². The van der Waals surface area contributed by atoms with Gasteiger partial charge in [-0.1, -0.05) is 117 Å². The average molecular weight is 368 g/mol. The summed E-state index contributed by atoms with van der Waals surface area (Å²) in [6.07, 6.45) is 22.0. The van der Waals surface area contributed by atoms with Gasteiger partial charge in [0.25, 0.3) is 0 Å². The summed E-state index contributed by atoms with van der Waals surface area (Å²) in [6.45, 7) is 4.56. The SMILES string of the molecule is CCCCCCCCCCC(CCCCCCCC)[SiH](Cl)Cl. The maximum Gasteiger partial charge on any atom is 0.240 e. The normalized spacial score (nSPS) is 13.0. The van der Waals surface area contributed by atoms with Crippen molar-refractivity contribution in [1.29, 1.82) is 0 Å². The number of hydrogen-bond acceptors (Lipinski definition) is 0. The zero-order valence-electron chi connectivity index (χ0n) is 15.2. The third-order valence-electron chi connectivity index (χ3n) is 4.71. The molecule has 134 valence electrons. The summed E-state index contributed by atoms with van der Waals surface area (Å²) in [5, 5.41) is 0. The molecule has 0 aliphatic heterocycles. The second-order valence-corrected chi connectivity index (χ2v) is 12.0. The Labute approximate surface area is 151 Å². The van der Waals surface area contributed by atoms with Crippen LogP contribution < -0.4 is 0 Å². The standard InChI is InChI=1S/C19H40Cl2Si/c1-3-5-7-9-11-12-14-16-18-19(22(20)21)17-15-13-10-8-6-4-2/h19,22H,3-18H2,1-2H3. The lowest BCUT2D eigenvalue weighted by atomic mass is 10.0. The van der Waals surface area contributed by atoms with Crippen molar-refractivity contribution >= 4 is 29.6 Å². The van der Waals surface area contributed by atoms with Crippen LogP contribution in [0.1, 0.15) is 117 Å². The molecular formula is C19H40Cl2Si. The molecule has 0 spiro atoms. The smallest absolute Gasteiger partial charge is 0.150 e. The van der Waals surface area contributed by atoms with E-state index >= 15 is 0 Å². The number of rotatable bonds is 17. The highest BCUT2D eigenvalue weighted by Crippen LogP contribution is 2.30. The molecule has 0 bridgehead atoms. The summed E-state index contributed by atoms with van der Waals surface area (Å²) in [5.41, 5.74) is 0.662. The van der Waals surface area contributed by atoms with Crippen molar-refractivity contribution in [3.05, 3.63) is 0 Å². The van der Waals surface area contributed by atoms with Crippen LogP contribution >= 0.6 is 22.2 Å². The van der Waals surface area contributed by atoms with Gasteiger partial charge in [0.1, 0.15) is 0 Å². The van der Waals surface area contributed by atoms with Crippen LogP contribution in [0.5, 0.6) is 0 Å². The first-order valence-electron chi connectivity index (χ1n) is 10.0. The molecule has 0 aliphatic rings. The van der Waals surface area contributed by atoms with E-state index in [-0.39, 0.29) is 0 Å². The highest BCUT2D eigenvalue weighted by molar-refractivity contribution is 7.34. The van der Waals surface area contributed by atoms with Crippen molar-refractivity contribution in [2.75, 3.05) is 0 Å². The fourth-order valence-corrected chi connectivity index (χ4v) is 5.61. The van der Waals surface area contributed by atoms with Gasteiger partial charge >= 0.3 is 0 Å². The zero-order chi connectivity index (χ0) is 16.5. The molecule has 0 aromatic rings. The molecule has 0 radical (unpaired) electrons. The number of halogens is 2. The van der Waals surface area contributed by atoms with E-state index in [1.165, 1.54) is 103 Å².